The number of amides is 1. The summed E-state index contributed by atoms with van der Waals surface area (Å²) in [5.74, 6) is 0.0835. The summed E-state index contributed by atoms with van der Waals surface area (Å²) in [6, 6.07) is 5.97. The Kier molecular flexibility index (Phi) is 6.03. The zero-order valence-electron chi connectivity index (χ0n) is 12.3. The molecule has 1 aromatic carbocycles. The number of rotatable bonds is 6. The summed E-state index contributed by atoms with van der Waals surface area (Å²) in [4.78, 5) is 12.1. The van der Waals surface area contributed by atoms with E-state index in [0.29, 0.717) is 12.8 Å². The third-order valence-electron chi connectivity index (χ3n) is 3.30. The minimum Gasteiger partial charge on any atom is -0.409 e. The first-order valence-electron chi connectivity index (χ1n) is 6.78. The number of nitrogens with zero attached hydrogens (tertiary/aromatic N) is 1. The van der Waals surface area contributed by atoms with Gasteiger partial charge in [-0.25, -0.2) is 0 Å². The molecule has 1 aromatic rings. The van der Waals surface area contributed by atoms with Gasteiger partial charge in [0, 0.05) is 12.5 Å². The van der Waals surface area contributed by atoms with Crippen LogP contribution in [0.5, 0.6) is 0 Å². The van der Waals surface area contributed by atoms with Crippen LogP contribution in [0.15, 0.2) is 23.4 Å². The van der Waals surface area contributed by atoms with E-state index >= 15 is 0 Å². The van der Waals surface area contributed by atoms with Gasteiger partial charge >= 0.3 is 0 Å². The zero-order valence-corrected chi connectivity index (χ0v) is 12.3. The summed E-state index contributed by atoms with van der Waals surface area (Å²) < 4.78 is 0. The fourth-order valence-corrected chi connectivity index (χ4v) is 2.03. The standard InChI is InChI=1S/C15H23N3O2/c1-4-13(9-14(16)18-20)17-15(19)8-12-7-10(2)5-6-11(12)3/h5-7,13,20H,4,8-9H2,1-3H3,(H2,16,18)(H,17,19). The number of amidine groups is 1. The summed E-state index contributed by atoms with van der Waals surface area (Å²) in [5.41, 5.74) is 8.75. The summed E-state index contributed by atoms with van der Waals surface area (Å²) in [6.07, 6.45) is 1.43. The smallest absolute Gasteiger partial charge is 0.224 e. The number of carbonyl (C=O) groups excluding carboxylic acids is 1. The van der Waals surface area contributed by atoms with Crippen molar-refractivity contribution in [2.75, 3.05) is 0 Å². The van der Waals surface area contributed by atoms with Crippen LogP contribution >= 0.6 is 0 Å². The van der Waals surface area contributed by atoms with Gasteiger partial charge in [-0.2, -0.15) is 0 Å². The van der Waals surface area contributed by atoms with E-state index in [4.69, 9.17) is 10.9 Å². The van der Waals surface area contributed by atoms with Crippen molar-refractivity contribution in [2.45, 2.75) is 46.1 Å². The maximum Gasteiger partial charge on any atom is 0.224 e. The number of oxime groups is 1. The number of nitrogens with two attached hydrogens (primary N) is 1. The lowest BCUT2D eigenvalue weighted by molar-refractivity contribution is -0.121. The molecular weight excluding hydrogens is 254 g/mol. The zero-order chi connectivity index (χ0) is 15.1. The van der Waals surface area contributed by atoms with Crippen LogP contribution in [0.25, 0.3) is 0 Å². The van der Waals surface area contributed by atoms with Gasteiger partial charge in [0.2, 0.25) is 5.91 Å². The summed E-state index contributed by atoms with van der Waals surface area (Å²) in [5, 5.41) is 14.4. The Labute approximate surface area is 119 Å². The number of hydrogen-bond donors (Lipinski definition) is 3. The highest BCUT2D eigenvalue weighted by Gasteiger charge is 2.13. The molecule has 0 aliphatic carbocycles. The van der Waals surface area contributed by atoms with E-state index in [1.165, 1.54) is 0 Å². The quantitative estimate of drug-likeness (QED) is 0.321. The predicted octanol–water partition coefficient (Wildman–Crippen LogP) is 1.88. The fourth-order valence-electron chi connectivity index (χ4n) is 2.03. The van der Waals surface area contributed by atoms with Crippen molar-refractivity contribution < 1.29 is 10.0 Å². The van der Waals surface area contributed by atoms with Crippen molar-refractivity contribution >= 4 is 11.7 Å². The van der Waals surface area contributed by atoms with Crippen molar-refractivity contribution in [3.63, 3.8) is 0 Å². The van der Waals surface area contributed by atoms with Gasteiger partial charge in [-0.15, -0.1) is 0 Å². The first kappa shape index (κ1) is 16.0. The normalized spacial score (nSPS) is 13.1. The lowest BCUT2D eigenvalue weighted by atomic mass is 10.0. The van der Waals surface area contributed by atoms with Gasteiger partial charge in [0.25, 0.3) is 0 Å². The fraction of sp³-hybridized carbons (Fsp3) is 0.467. The molecule has 0 saturated carbocycles. The van der Waals surface area contributed by atoms with Crippen LogP contribution < -0.4 is 11.1 Å². The number of benzene rings is 1. The van der Waals surface area contributed by atoms with E-state index in [1.54, 1.807) is 0 Å². The molecule has 110 valence electrons. The Morgan fingerprint density at radius 1 is 1.45 bits per heavy atom. The molecular formula is C15H23N3O2. The van der Waals surface area contributed by atoms with Crippen molar-refractivity contribution in [3.8, 4) is 0 Å². The van der Waals surface area contributed by atoms with E-state index in [9.17, 15) is 4.79 Å². The van der Waals surface area contributed by atoms with Crippen molar-refractivity contribution in [3.05, 3.63) is 34.9 Å². The predicted molar refractivity (Wildman–Crippen MR) is 79.9 cm³/mol. The van der Waals surface area contributed by atoms with E-state index in [2.05, 4.69) is 10.5 Å². The van der Waals surface area contributed by atoms with Gasteiger partial charge in [0.15, 0.2) is 0 Å². The molecule has 0 radical (unpaired) electrons. The number of carbonyl (C=O) groups is 1. The monoisotopic (exact) mass is 277 g/mol. The van der Waals surface area contributed by atoms with Crippen LogP contribution in [0.1, 0.15) is 36.5 Å². The molecule has 1 unspecified atom stereocenters. The molecule has 20 heavy (non-hydrogen) atoms. The van der Waals surface area contributed by atoms with Crippen LogP contribution in [0.3, 0.4) is 0 Å². The lowest BCUT2D eigenvalue weighted by Crippen LogP contribution is -2.38. The molecule has 1 rings (SSSR count). The van der Waals surface area contributed by atoms with Crippen LogP contribution in [0, 0.1) is 13.8 Å². The van der Waals surface area contributed by atoms with Crippen LogP contribution in [0.4, 0.5) is 0 Å². The van der Waals surface area contributed by atoms with E-state index < -0.39 is 0 Å². The van der Waals surface area contributed by atoms with Crippen LogP contribution in [0.2, 0.25) is 0 Å². The molecule has 0 spiro atoms. The van der Waals surface area contributed by atoms with Crippen molar-refractivity contribution in [2.24, 2.45) is 10.9 Å². The SMILES string of the molecule is CCC(CC(N)=NO)NC(=O)Cc1cc(C)ccc1C. The van der Waals surface area contributed by atoms with Crippen molar-refractivity contribution in [1.82, 2.24) is 5.32 Å². The second-order valence-electron chi connectivity index (χ2n) is 5.07. The van der Waals surface area contributed by atoms with Crippen LogP contribution in [-0.4, -0.2) is 23.0 Å². The molecule has 0 aromatic heterocycles. The van der Waals surface area contributed by atoms with E-state index in [0.717, 1.165) is 23.1 Å². The minimum absolute atomic E-state index is 0.0451. The second-order valence-corrected chi connectivity index (χ2v) is 5.07. The maximum absolute atomic E-state index is 12.1. The summed E-state index contributed by atoms with van der Waals surface area (Å²) in [7, 11) is 0. The molecule has 5 heteroatoms. The molecule has 4 N–H and O–H groups in total. The summed E-state index contributed by atoms with van der Waals surface area (Å²) >= 11 is 0. The first-order chi connectivity index (χ1) is 9.46. The van der Waals surface area contributed by atoms with E-state index in [-0.39, 0.29) is 17.8 Å². The third kappa shape index (κ3) is 4.91. The minimum atomic E-state index is -0.108. The molecule has 0 fully saturated rings. The average Bonchev–Trinajstić information content (AvgIpc) is 2.41. The highest BCUT2D eigenvalue weighted by atomic mass is 16.4. The van der Waals surface area contributed by atoms with Gasteiger partial charge in [-0.1, -0.05) is 35.8 Å². The maximum atomic E-state index is 12.1. The highest BCUT2D eigenvalue weighted by molar-refractivity contribution is 5.82. The molecule has 5 nitrogen and oxygen atoms in total. The molecule has 1 amide bonds. The van der Waals surface area contributed by atoms with E-state index in [1.807, 2.05) is 39.0 Å². The molecule has 0 aliphatic rings. The number of nitrogens with one attached hydrogen (secondary N) is 1. The van der Waals surface area contributed by atoms with Gasteiger partial charge < -0.3 is 16.3 Å². The lowest BCUT2D eigenvalue weighted by Gasteiger charge is -2.16. The topological polar surface area (TPSA) is 87.7 Å². The Bertz CT molecular complexity index is 498. The Hall–Kier alpha value is -2.04. The molecule has 0 saturated heterocycles. The molecule has 0 heterocycles. The first-order valence-corrected chi connectivity index (χ1v) is 6.78. The average molecular weight is 277 g/mol. The van der Waals surface area contributed by atoms with Crippen LogP contribution in [-0.2, 0) is 11.2 Å². The number of hydrogen-bond acceptors (Lipinski definition) is 3. The van der Waals surface area contributed by atoms with Gasteiger partial charge in [-0.3, -0.25) is 4.79 Å². The Balaban J connectivity index is 2.64. The van der Waals surface area contributed by atoms with Crippen molar-refractivity contribution in [1.29, 1.82) is 0 Å². The second kappa shape index (κ2) is 7.53. The Morgan fingerprint density at radius 2 is 2.15 bits per heavy atom. The summed E-state index contributed by atoms with van der Waals surface area (Å²) in [6.45, 7) is 5.96. The molecule has 1 atom stereocenters. The highest BCUT2D eigenvalue weighted by Crippen LogP contribution is 2.11. The Morgan fingerprint density at radius 3 is 2.75 bits per heavy atom. The van der Waals surface area contributed by atoms with Gasteiger partial charge in [-0.05, 0) is 31.4 Å². The molecule has 0 aliphatic heterocycles. The molecule has 0 bridgehead atoms. The third-order valence-corrected chi connectivity index (χ3v) is 3.30. The van der Waals surface area contributed by atoms with Gasteiger partial charge in [0.1, 0.15) is 5.84 Å². The number of aryl methyl sites for hydroxylation is 2. The largest absolute Gasteiger partial charge is 0.409 e. The van der Waals surface area contributed by atoms with Gasteiger partial charge in [0.05, 0.1) is 6.42 Å².